The first-order valence-corrected chi connectivity index (χ1v) is 7.11. The summed E-state index contributed by atoms with van der Waals surface area (Å²) in [5.74, 6) is 0. The van der Waals surface area contributed by atoms with Crippen LogP contribution in [0.1, 0.15) is 0 Å². The highest BCUT2D eigenvalue weighted by atomic mass is 33.1. The van der Waals surface area contributed by atoms with E-state index in [4.69, 9.17) is 5.26 Å². The molecule has 92 valence electrons. The number of nitrogens with zero attached hydrogens (tertiary/aromatic N) is 5. The molecule has 0 radical (unpaired) electrons. The Morgan fingerprint density at radius 3 is 2.12 bits per heavy atom. The van der Waals surface area contributed by atoms with E-state index in [2.05, 4.69) is 22.5 Å². The van der Waals surface area contributed by atoms with Crippen molar-refractivity contribution in [1.82, 2.24) is 14.9 Å². The molecule has 0 aromatic heterocycles. The first-order chi connectivity index (χ1) is 7.43. The fourth-order valence-corrected chi connectivity index (χ4v) is 3.32. The summed E-state index contributed by atoms with van der Waals surface area (Å²) in [4.78, 5) is 6.67. The minimum atomic E-state index is 0.252. The quantitative estimate of drug-likeness (QED) is 0.357. The predicted molar refractivity (Wildman–Crippen MR) is 76.1 cm³/mol. The largest absolute Gasteiger partial charge is 0.287 e. The van der Waals surface area contributed by atoms with Gasteiger partial charge in [0.25, 0.3) is 0 Å². The van der Waals surface area contributed by atoms with Crippen LogP contribution >= 0.6 is 34.2 Å². The standard InChI is InChI=1S/C7H16N4S2.CHNS/c1-9(2)6-8-7(13-12-6)11(5)10(3)4;2-1-3/h6H,1-5H3;3H. The van der Waals surface area contributed by atoms with Crippen molar-refractivity contribution in [3.8, 4) is 5.40 Å². The van der Waals surface area contributed by atoms with Crippen LogP contribution in [0.2, 0.25) is 0 Å². The SMILES string of the molecule is CN(C)C1N=C(N(C)N(C)C)SS1.N#CS. The molecule has 0 saturated carbocycles. The molecule has 1 heterocycles. The lowest BCUT2D eigenvalue weighted by Gasteiger charge is -2.24. The van der Waals surface area contributed by atoms with E-state index in [0.717, 1.165) is 5.17 Å². The van der Waals surface area contributed by atoms with Crippen molar-refractivity contribution in [1.29, 1.82) is 5.26 Å². The summed E-state index contributed by atoms with van der Waals surface area (Å²) in [5.41, 5.74) is 0.252. The molecule has 1 rings (SSSR count). The monoisotopic (exact) mass is 279 g/mol. The molecule has 0 N–H and O–H groups in total. The van der Waals surface area contributed by atoms with Gasteiger partial charge in [-0.1, -0.05) is 12.6 Å². The Kier molecular flexibility index (Phi) is 8.05. The first kappa shape index (κ1) is 15.9. The lowest BCUT2D eigenvalue weighted by molar-refractivity contribution is 0.148. The van der Waals surface area contributed by atoms with Crippen molar-refractivity contribution in [2.24, 2.45) is 4.99 Å². The summed E-state index contributed by atoms with van der Waals surface area (Å²) in [5, 5.41) is 13.8. The number of hydrogen-bond acceptors (Lipinski definition) is 8. The highest BCUT2D eigenvalue weighted by Gasteiger charge is 2.23. The van der Waals surface area contributed by atoms with Gasteiger partial charge in [-0.3, -0.25) is 9.91 Å². The zero-order chi connectivity index (χ0) is 12.7. The third-order valence-corrected chi connectivity index (χ3v) is 4.31. The van der Waals surface area contributed by atoms with Crippen LogP contribution in [0.15, 0.2) is 4.99 Å². The molecule has 5 nitrogen and oxygen atoms in total. The molecular weight excluding hydrogens is 262 g/mol. The number of thiocyanates is 1. The summed E-state index contributed by atoms with van der Waals surface area (Å²) < 4.78 is 0. The first-order valence-electron chi connectivity index (χ1n) is 4.45. The molecule has 0 spiro atoms. The summed E-state index contributed by atoms with van der Waals surface area (Å²) in [6.45, 7) is 0. The Bertz CT molecular complexity index is 273. The fourth-order valence-electron chi connectivity index (χ4n) is 0.734. The topological polar surface area (TPSA) is 45.9 Å². The number of thiol groups is 1. The van der Waals surface area contributed by atoms with E-state index in [9.17, 15) is 0 Å². The summed E-state index contributed by atoms with van der Waals surface area (Å²) >= 11 is 3.09. The van der Waals surface area contributed by atoms with Crippen LogP contribution < -0.4 is 0 Å². The van der Waals surface area contributed by atoms with Gasteiger partial charge in [-0.15, -0.1) is 0 Å². The van der Waals surface area contributed by atoms with E-state index in [1.165, 1.54) is 5.40 Å². The summed E-state index contributed by atoms with van der Waals surface area (Å²) in [6, 6.07) is 0. The molecule has 16 heavy (non-hydrogen) atoms. The van der Waals surface area contributed by atoms with E-state index >= 15 is 0 Å². The van der Waals surface area contributed by atoms with Gasteiger partial charge in [0.2, 0.25) is 0 Å². The van der Waals surface area contributed by atoms with Crippen LogP contribution in [0.3, 0.4) is 0 Å². The van der Waals surface area contributed by atoms with Gasteiger partial charge in [-0.05, 0) is 35.7 Å². The average Bonchev–Trinajstić information content (AvgIpc) is 2.66. The van der Waals surface area contributed by atoms with Crippen LogP contribution in [-0.4, -0.2) is 60.8 Å². The molecule has 1 unspecified atom stereocenters. The molecule has 8 heteroatoms. The van der Waals surface area contributed by atoms with E-state index in [-0.39, 0.29) is 5.50 Å². The second-order valence-corrected chi connectivity index (χ2v) is 5.78. The Morgan fingerprint density at radius 2 is 1.81 bits per heavy atom. The third-order valence-electron chi connectivity index (χ3n) is 1.75. The van der Waals surface area contributed by atoms with Crippen LogP contribution in [0.4, 0.5) is 0 Å². The maximum absolute atomic E-state index is 7.18. The van der Waals surface area contributed by atoms with Crippen LogP contribution in [0.5, 0.6) is 0 Å². The van der Waals surface area contributed by atoms with Gasteiger partial charge in [0.05, 0.1) is 0 Å². The van der Waals surface area contributed by atoms with E-state index in [1.807, 2.05) is 45.3 Å². The van der Waals surface area contributed by atoms with Crippen molar-refractivity contribution in [3.63, 3.8) is 0 Å². The van der Waals surface area contributed by atoms with Gasteiger partial charge < -0.3 is 0 Å². The van der Waals surface area contributed by atoms with Gasteiger partial charge in [0.1, 0.15) is 5.40 Å². The molecule has 0 aliphatic carbocycles. The van der Waals surface area contributed by atoms with Crippen molar-refractivity contribution in [2.45, 2.75) is 5.50 Å². The van der Waals surface area contributed by atoms with Crippen LogP contribution in [-0.2, 0) is 0 Å². The number of amidine groups is 1. The number of hydrogen-bond donors (Lipinski definition) is 1. The average molecular weight is 279 g/mol. The molecule has 0 fully saturated rings. The van der Waals surface area contributed by atoms with Gasteiger partial charge in [0.15, 0.2) is 10.7 Å². The lowest BCUT2D eigenvalue weighted by Crippen LogP contribution is -2.36. The number of nitriles is 1. The predicted octanol–water partition coefficient (Wildman–Crippen LogP) is 1.39. The minimum absolute atomic E-state index is 0.252. The Labute approximate surface area is 111 Å². The lowest BCUT2D eigenvalue weighted by atomic mass is 10.8. The molecule has 0 aromatic rings. The number of hydrazine groups is 1. The molecule has 0 aromatic carbocycles. The Hall–Kier alpha value is -0.0700. The molecule has 0 bridgehead atoms. The molecular formula is C8H17N5S3. The van der Waals surface area contributed by atoms with Gasteiger partial charge in [0, 0.05) is 21.1 Å². The zero-order valence-electron chi connectivity index (χ0n) is 10.1. The number of aliphatic imine (C=N–C) groups is 1. The van der Waals surface area contributed by atoms with Crippen LogP contribution in [0, 0.1) is 10.7 Å². The van der Waals surface area contributed by atoms with E-state index in [1.54, 1.807) is 21.6 Å². The van der Waals surface area contributed by atoms with Crippen molar-refractivity contribution < 1.29 is 0 Å². The second kappa shape index (κ2) is 8.08. The fraction of sp³-hybridized carbons (Fsp3) is 0.750. The zero-order valence-corrected chi connectivity index (χ0v) is 12.6. The highest BCUT2D eigenvalue weighted by Crippen LogP contribution is 2.37. The third kappa shape index (κ3) is 5.32. The Morgan fingerprint density at radius 1 is 1.31 bits per heavy atom. The minimum Gasteiger partial charge on any atom is -0.287 e. The highest BCUT2D eigenvalue weighted by molar-refractivity contribution is 8.82. The molecule has 1 aliphatic rings. The Balaban J connectivity index is 0.000000673. The van der Waals surface area contributed by atoms with Gasteiger partial charge >= 0.3 is 0 Å². The maximum Gasteiger partial charge on any atom is 0.187 e. The van der Waals surface area contributed by atoms with Crippen molar-refractivity contribution in [2.75, 3.05) is 35.2 Å². The van der Waals surface area contributed by atoms with E-state index in [0.29, 0.717) is 0 Å². The molecule has 0 saturated heterocycles. The van der Waals surface area contributed by atoms with Crippen molar-refractivity contribution >= 4 is 39.4 Å². The second-order valence-electron chi connectivity index (χ2n) is 3.35. The smallest absolute Gasteiger partial charge is 0.187 e. The van der Waals surface area contributed by atoms with Crippen molar-refractivity contribution in [3.05, 3.63) is 0 Å². The maximum atomic E-state index is 7.18. The number of rotatable bonds is 2. The molecule has 0 amide bonds. The summed E-state index contributed by atoms with van der Waals surface area (Å²) in [7, 11) is 13.6. The van der Waals surface area contributed by atoms with E-state index < -0.39 is 0 Å². The molecule has 1 atom stereocenters. The normalized spacial score (nSPS) is 18.9. The molecule has 1 aliphatic heterocycles. The summed E-state index contributed by atoms with van der Waals surface area (Å²) in [6.07, 6.45) is 0. The van der Waals surface area contributed by atoms with Gasteiger partial charge in [-0.2, -0.15) is 5.26 Å². The van der Waals surface area contributed by atoms with Gasteiger partial charge in [-0.25, -0.2) is 10.0 Å². The van der Waals surface area contributed by atoms with Crippen LogP contribution in [0.25, 0.3) is 0 Å².